The van der Waals surface area contributed by atoms with Gasteiger partial charge in [0.1, 0.15) is 0 Å². The second kappa shape index (κ2) is 5.97. The lowest BCUT2D eigenvalue weighted by atomic mass is 10.0. The van der Waals surface area contributed by atoms with Crippen LogP contribution in [-0.2, 0) is 6.42 Å². The number of carboxylic acid groups (broad SMARTS) is 1. The van der Waals surface area contributed by atoms with E-state index in [1.54, 1.807) is 42.5 Å². The minimum absolute atomic E-state index is 0.261. The summed E-state index contributed by atoms with van der Waals surface area (Å²) < 4.78 is 0. The zero-order valence-corrected chi connectivity index (χ0v) is 11.1. The molecule has 0 aliphatic heterocycles. The number of rotatable bonds is 4. The summed E-state index contributed by atoms with van der Waals surface area (Å²) in [6.45, 7) is 1.89. The van der Waals surface area contributed by atoms with Gasteiger partial charge in [-0.15, -0.1) is 0 Å². The second-order valence-corrected chi connectivity index (χ2v) is 4.26. The van der Waals surface area contributed by atoms with Gasteiger partial charge in [0, 0.05) is 5.69 Å². The van der Waals surface area contributed by atoms with Crippen molar-refractivity contribution >= 4 is 23.0 Å². The van der Waals surface area contributed by atoms with E-state index < -0.39 is 5.97 Å². The SMILES string of the molecule is CCc1c(N=Nc2cccc(N)c2)cccc1C(=O)O. The Morgan fingerprint density at radius 1 is 1.20 bits per heavy atom. The predicted octanol–water partition coefficient (Wildman–Crippen LogP) is 3.94. The summed E-state index contributed by atoms with van der Waals surface area (Å²) in [5, 5.41) is 17.4. The lowest BCUT2D eigenvalue weighted by Crippen LogP contribution is -2.01. The van der Waals surface area contributed by atoms with E-state index in [2.05, 4.69) is 10.2 Å². The summed E-state index contributed by atoms with van der Waals surface area (Å²) in [5.74, 6) is -0.956. The molecule has 0 fully saturated rings. The van der Waals surface area contributed by atoms with Gasteiger partial charge in [0.25, 0.3) is 0 Å². The monoisotopic (exact) mass is 269 g/mol. The number of nitrogen functional groups attached to an aromatic ring is 1. The molecule has 0 spiro atoms. The standard InChI is InChI=1S/C15H15N3O2/c1-2-12-13(15(19)20)7-4-8-14(12)18-17-11-6-3-5-10(16)9-11/h3-9H,2,16H2,1H3,(H,19,20). The molecule has 0 saturated heterocycles. The summed E-state index contributed by atoms with van der Waals surface area (Å²) in [4.78, 5) is 11.2. The van der Waals surface area contributed by atoms with Crippen LogP contribution in [0.1, 0.15) is 22.8 Å². The van der Waals surface area contributed by atoms with Gasteiger partial charge in [-0.2, -0.15) is 10.2 Å². The van der Waals surface area contributed by atoms with Gasteiger partial charge < -0.3 is 10.8 Å². The molecule has 20 heavy (non-hydrogen) atoms. The van der Waals surface area contributed by atoms with Gasteiger partial charge in [0.15, 0.2) is 0 Å². The molecule has 2 aromatic rings. The smallest absolute Gasteiger partial charge is 0.336 e. The number of carboxylic acids is 1. The molecular formula is C15H15N3O2. The molecule has 102 valence electrons. The Bertz CT molecular complexity index is 666. The maximum Gasteiger partial charge on any atom is 0.336 e. The quantitative estimate of drug-likeness (QED) is 0.650. The van der Waals surface area contributed by atoms with Gasteiger partial charge in [-0.05, 0) is 42.3 Å². The maximum absolute atomic E-state index is 11.2. The third-order valence-electron chi connectivity index (χ3n) is 2.88. The zero-order chi connectivity index (χ0) is 14.5. The number of nitrogens with zero attached hydrogens (tertiary/aromatic N) is 2. The molecule has 0 aliphatic rings. The Morgan fingerprint density at radius 3 is 2.60 bits per heavy atom. The van der Waals surface area contributed by atoms with Crippen LogP contribution in [0.5, 0.6) is 0 Å². The van der Waals surface area contributed by atoms with Crippen molar-refractivity contribution in [1.29, 1.82) is 0 Å². The van der Waals surface area contributed by atoms with E-state index in [1.165, 1.54) is 0 Å². The first-order valence-electron chi connectivity index (χ1n) is 6.24. The lowest BCUT2D eigenvalue weighted by Gasteiger charge is -2.06. The third-order valence-corrected chi connectivity index (χ3v) is 2.88. The first-order valence-corrected chi connectivity index (χ1v) is 6.24. The number of azo groups is 1. The van der Waals surface area contributed by atoms with E-state index in [0.29, 0.717) is 29.0 Å². The molecule has 5 nitrogen and oxygen atoms in total. The van der Waals surface area contributed by atoms with Crippen molar-refractivity contribution in [2.75, 3.05) is 5.73 Å². The molecular weight excluding hydrogens is 254 g/mol. The topological polar surface area (TPSA) is 88.0 Å². The lowest BCUT2D eigenvalue weighted by molar-refractivity contribution is 0.0696. The number of nitrogens with two attached hydrogens (primary N) is 1. The predicted molar refractivity (Wildman–Crippen MR) is 77.8 cm³/mol. The average molecular weight is 269 g/mol. The highest BCUT2D eigenvalue weighted by atomic mass is 16.4. The largest absolute Gasteiger partial charge is 0.478 e. The van der Waals surface area contributed by atoms with Gasteiger partial charge >= 0.3 is 5.97 Å². The summed E-state index contributed by atoms with van der Waals surface area (Å²) in [7, 11) is 0. The van der Waals surface area contributed by atoms with Crippen molar-refractivity contribution in [3.63, 3.8) is 0 Å². The van der Waals surface area contributed by atoms with Crippen molar-refractivity contribution < 1.29 is 9.90 Å². The molecule has 0 atom stereocenters. The molecule has 2 aromatic carbocycles. The fourth-order valence-corrected chi connectivity index (χ4v) is 1.94. The van der Waals surface area contributed by atoms with E-state index in [4.69, 9.17) is 10.8 Å². The van der Waals surface area contributed by atoms with Crippen LogP contribution in [0.3, 0.4) is 0 Å². The molecule has 0 unspecified atom stereocenters. The highest BCUT2D eigenvalue weighted by molar-refractivity contribution is 5.91. The van der Waals surface area contributed by atoms with Crippen molar-refractivity contribution in [1.82, 2.24) is 0 Å². The summed E-state index contributed by atoms with van der Waals surface area (Å²) in [6.07, 6.45) is 0.577. The number of aromatic carboxylic acids is 1. The normalized spacial score (nSPS) is 10.8. The van der Waals surface area contributed by atoms with Gasteiger partial charge in [-0.1, -0.05) is 19.1 Å². The van der Waals surface area contributed by atoms with Crippen LogP contribution >= 0.6 is 0 Å². The van der Waals surface area contributed by atoms with Crippen molar-refractivity contribution in [2.45, 2.75) is 13.3 Å². The van der Waals surface area contributed by atoms with Gasteiger partial charge in [-0.3, -0.25) is 0 Å². The van der Waals surface area contributed by atoms with E-state index in [0.717, 1.165) is 0 Å². The van der Waals surface area contributed by atoms with Gasteiger partial charge in [-0.25, -0.2) is 4.79 Å². The van der Waals surface area contributed by atoms with Crippen LogP contribution in [0.25, 0.3) is 0 Å². The minimum atomic E-state index is -0.956. The third kappa shape index (κ3) is 3.00. The van der Waals surface area contributed by atoms with Crippen LogP contribution in [-0.4, -0.2) is 11.1 Å². The molecule has 0 heterocycles. The Balaban J connectivity index is 2.38. The number of anilines is 1. The minimum Gasteiger partial charge on any atom is -0.478 e. The van der Waals surface area contributed by atoms with Crippen LogP contribution in [0.2, 0.25) is 0 Å². The summed E-state index contributed by atoms with van der Waals surface area (Å²) >= 11 is 0. The maximum atomic E-state index is 11.2. The number of hydrogen-bond acceptors (Lipinski definition) is 4. The average Bonchev–Trinajstić information content (AvgIpc) is 2.44. The summed E-state index contributed by atoms with van der Waals surface area (Å²) in [5.41, 5.74) is 8.41. The van der Waals surface area contributed by atoms with E-state index in [1.807, 2.05) is 6.92 Å². The van der Waals surface area contributed by atoms with Crippen LogP contribution < -0.4 is 5.73 Å². The molecule has 5 heteroatoms. The van der Waals surface area contributed by atoms with Crippen LogP contribution in [0.15, 0.2) is 52.7 Å². The fraction of sp³-hybridized carbons (Fsp3) is 0.133. The highest BCUT2D eigenvalue weighted by Crippen LogP contribution is 2.26. The van der Waals surface area contributed by atoms with Gasteiger partial charge in [0.05, 0.1) is 16.9 Å². The molecule has 0 saturated carbocycles. The van der Waals surface area contributed by atoms with Gasteiger partial charge in [0.2, 0.25) is 0 Å². The second-order valence-electron chi connectivity index (χ2n) is 4.26. The number of carbonyl (C=O) groups is 1. The van der Waals surface area contributed by atoms with Crippen LogP contribution in [0.4, 0.5) is 17.1 Å². The Morgan fingerprint density at radius 2 is 1.95 bits per heavy atom. The Kier molecular flexibility index (Phi) is 4.10. The number of hydrogen-bond donors (Lipinski definition) is 2. The Hall–Kier alpha value is -2.69. The first-order chi connectivity index (χ1) is 9.61. The zero-order valence-electron chi connectivity index (χ0n) is 11.1. The number of benzene rings is 2. The van der Waals surface area contributed by atoms with E-state index in [-0.39, 0.29) is 5.56 Å². The van der Waals surface area contributed by atoms with Crippen molar-refractivity contribution in [3.8, 4) is 0 Å². The fourth-order valence-electron chi connectivity index (χ4n) is 1.94. The van der Waals surface area contributed by atoms with E-state index >= 15 is 0 Å². The molecule has 0 amide bonds. The molecule has 0 aliphatic carbocycles. The van der Waals surface area contributed by atoms with Crippen LogP contribution in [0, 0.1) is 0 Å². The molecule has 2 rings (SSSR count). The highest BCUT2D eigenvalue weighted by Gasteiger charge is 2.11. The molecule has 0 radical (unpaired) electrons. The Labute approximate surface area is 116 Å². The van der Waals surface area contributed by atoms with Crippen molar-refractivity contribution in [3.05, 3.63) is 53.6 Å². The molecule has 3 N–H and O–H groups in total. The molecule has 0 bridgehead atoms. The first kappa shape index (κ1) is 13.7. The van der Waals surface area contributed by atoms with E-state index in [9.17, 15) is 4.79 Å². The summed E-state index contributed by atoms with van der Waals surface area (Å²) in [6, 6.07) is 12.0. The molecule has 0 aromatic heterocycles. The van der Waals surface area contributed by atoms with Crippen molar-refractivity contribution in [2.24, 2.45) is 10.2 Å².